The number of amides is 1. The van der Waals surface area contributed by atoms with Gasteiger partial charge in [-0.2, -0.15) is 4.72 Å². The maximum Gasteiger partial charge on any atom is 0.266 e. The molecule has 0 bridgehead atoms. The van der Waals surface area contributed by atoms with Crippen LogP contribution in [0.5, 0.6) is 0 Å². The number of carbonyl (C=O) groups is 1. The van der Waals surface area contributed by atoms with Crippen LogP contribution in [0.25, 0.3) is 0 Å². The predicted octanol–water partition coefficient (Wildman–Crippen LogP) is 0.823. The highest BCUT2D eigenvalue weighted by atomic mass is 32.2. The van der Waals surface area contributed by atoms with Crippen molar-refractivity contribution in [2.75, 3.05) is 14.2 Å². The molecule has 0 aliphatic carbocycles. The molecule has 2 N–H and O–H groups in total. The van der Waals surface area contributed by atoms with E-state index in [-0.39, 0.29) is 11.3 Å². The highest BCUT2D eigenvalue weighted by Gasteiger charge is 2.33. The van der Waals surface area contributed by atoms with Crippen LogP contribution in [-0.2, 0) is 19.7 Å². The molecule has 23 heavy (non-hydrogen) atoms. The maximum absolute atomic E-state index is 12.4. The van der Waals surface area contributed by atoms with Gasteiger partial charge in [0, 0.05) is 7.05 Å². The van der Waals surface area contributed by atoms with Gasteiger partial charge in [-0.15, -0.1) is 0 Å². The van der Waals surface area contributed by atoms with E-state index in [2.05, 4.69) is 4.72 Å². The Balaban J connectivity index is 3.08. The zero-order valence-corrected chi connectivity index (χ0v) is 14.6. The second-order valence-electron chi connectivity index (χ2n) is 5.29. The van der Waals surface area contributed by atoms with Crippen molar-refractivity contribution in [1.82, 2.24) is 9.79 Å². The van der Waals surface area contributed by atoms with Crippen molar-refractivity contribution in [3.05, 3.63) is 29.8 Å². The van der Waals surface area contributed by atoms with Crippen LogP contribution in [0.3, 0.4) is 0 Å². The average molecular weight is 344 g/mol. The second-order valence-corrected chi connectivity index (χ2v) is 7.00. The van der Waals surface area contributed by atoms with Crippen LogP contribution in [0.2, 0.25) is 0 Å². The number of aliphatic hydroxyl groups excluding tert-OH is 1. The van der Waals surface area contributed by atoms with Crippen molar-refractivity contribution in [2.45, 2.75) is 43.7 Å². The Labute approximate surface area is 137 Å². The smallest absolute Gasteiger partial charge is 0.266 e. The number of benzene rings is 1. The summed E-state index contributed by atoms with van der Waals surface area (Å²) in [5.74, 6) is -0.663. The number of sulfonamides is 1. The third-order valence-corrected chi connectivity index (χ3v) is 4.89. The molecule has 0 aliphatic heterocycles. The quantitative estimate of drug-likeness (QED) is 0.681. The van der Waals surface area contributed by atoms with Crippen LogP contribution in [0, 0.1) is 6.92 Å². The van der Waals surface area contributed by atoms with Crippen molar-refractivity contribution >= 4 is 15.9 Å². The monoisotopic (exact) mass is 344 g/mol. The molecule has 0 radical (unpaired) electrons. The van der Waals surface area contributed by atoms with Crippen molar-refractivity contribution in [3.63, 3.8) is 0 Å². The van der Waals surface area contributed by atoms with Crippen LogP contribution >= 0.6 is 0 Å². The van der Waals surface area contributed by atoms with E-state index in [1.807, 2.05) is 13.8 Å². The number of carbonyl (C=O) groups excluding carboxylic acids is 1. The molecule has 0 saturated carbocycles. The number of hydroxylamine groups is 2. The molecule has 7 nitrogen and oxygen atoms in total. The topological polar surface area (TPSA) is 95.9 Å². The zero-order valence-electron chi connectivity index (χ0n) is 13.8. The first-order valence-corrected chi connectivity index (χ1v) is 8.80. The molecule has 0 aliphatic rings. The van der Waals surface area contributed by atoms with E-state index in [4.69, 9.17) is 4.84 Å². The number of nitrogens with zero attached hydrogens (tertiary/aromatic N) is 1. The van der Waals surface area contributed by atoms with Gasteiger partial charge in [-0.1, -0.05) is 31.0 Å². The standard InChI is InChI=1S/C15H24N2O5S/c1-5-6-13(18)14(15(19)17(3)22-4)16-23(20,21)12-9-7-11(2)8-10-12/h7-10,13-14,16,18H,5-6H2,1-4H3/t13-,14+/m1/s1. The summed E-state index contributed by atoms with van der Waals surface area (Å²) in [5.41, 5.74) is 0.918. The molecule has 1 amide bonds. The zero-order chi connectivity index (χ0) is 17.6. The molecule has 0 unspecified atom stereocenters. The molecule has 0 fully saturated rings. The van der Waals surface area contributed by atoms with Crippen molar-refractivity contribution in [3.8, 4) is 0 Å². The van der Waals surface area contributed by atoms with E-state index in [0.29, 0.717) is 6.42 Å². The Morgan fingerprint density at radius 1 is 1.35 bits per heavy atom. The fourth-order valence-electron chi connectivity index (χ4n) is 1.99. The summed E-state index contributed by atoms with van der Waals surface area (Å²) in [6, 6.07) is 4.91. The first kappa shape index (κ1) is 19.6. The van der Waals surface area contributed by atoms with E-state index < -0.39 is 28.1 Å². The summed E-state index contributed by atoms with van der Waals surface area (Å²) in [6.45, 7) is 3.67. The Kier molecular flexibility index (Phi) is 7.14. The van der Waals surface area contributed by atoms with Gasteiger partial charge in [0.2, 0.25) is 10.0 Å². The van der Waals surface area contributed by atoms with Gasteiger partial charge in [-0.25, -0.2) is 13.5 Å². The lowest BCUT2D eigenvalue weighted by atomic mass is 10.1. The lowest BCUT2D eigenvalue weighted by Crippen LogP contribution is -2.53. The minimum Gasteiger partial charge on any atom is -0.391 e. The third kappa shape index (κ3) is 5.28. The molecule has 1 aromatic carbocycles. The molecular formula is C15H24N2O5S. The minimum absolute atomic E-state index is 0.0321. The normalized spacial score (nSPS) is 14.3. The Morgan fingerprint density at radius 3 is 2.39 bits per heavy atom. The Morgan fingerprint density at radius 2 is 1.91 bits per heavy atom. The Hall–Kier alpha value is -1.48. The van der Waals surface area contributed by atoms with Gasteiger partial charge in [0.05, 0.1) is 18.1 Å². The molecule has 0 aromatic heterocycles. The number of likely N-dealkylation sites (N-methyl/N-ethyl adjacent to an activating group) is 1. The number of rotatable bonds is 8. The predicted molar refractivity (Wildman–Crippen MR) is 86.0 cm³/mol. The highest BCUT2D eigenvalue weighted by molar-refractivity contribution is 7.89. The molecule has 1 aromatic rings. The largest absolute Gasteiger partial charge is 0.391 e. The highest BCUT2D eigenvalue weighted by Crippen LogP contribution is 2.14. The summed E-state index contributed by atoms with van der Waals surface area (Å²) in [6.07, 6.45) is -0.261. The van der Waals surface area contributed by atoms with Crippen molar-refractivity contribution < 1.29 is 23.2 Å². The number of hydrogen-bond donors (Lipinski definition) is 2. The molecule has 0 saturated heterocycles. The minimum atomic E-state index is -3.94. The van der Waals surface area contributed by atoms with E-state index >= 15 is 0 Å². The number of aliphatic hydroxyl groups is 1. The molecule has 0 heterocycles. The van der Waals surface area contributed by atoms with Gasteiger partial charge in [0.25, 0.3) is 5.91 Å². The molecule has 0 spiro atoms. The van der Waals surface area contributed by atoms with Gasteiger partial charge < -0.3 is 5.11 Å². The van der Waals surface area contributed by atoms with Crippen molar-refractivity contribution in [2.24, 2.45) is 0 Å². The van der Waals surface area contributed by atoms with Gasteiger partial charge in [0.15, 0.2) is 0 Å². The van der Waals surface area contributed by atoms with Gasteiger partial charge in [-0.05, 0) is 25.5 Å². The van der Waals surface area contributed by atoms with Gasteiger partial charge >= 0.3 is 0 Å². The second kappa shape index (κ2) is 8.39. The van der Waals surface area contributed by atoms with E-state index in [1.54, 1.807) is 12.1 Å². The summed E-state index contributed by atoms with van der Waals surface area (Å²) in [7, 11) is -1.30. The lowest BCUT2D eigenvalue weighted by molar-refractivity contribution is -0.173. The number of aryl methyl sites for hydroxylation is 1. The molecule has 2 atom stereocenters. The fourth-order valence-corrected chi connectivity index (χ4v) is 3.22. The number of hydrogen-bond acceptors (Lipinski definition) is 5. The first-order chi connectivity index (χ1) is 10.7. The molecule has 8 heteroatoms. The van der Waals surface area contributed by atoms with Crippen molar-refractivity contribution in [1.29, 1.82) is 0 Å². The van der Waals surface area contributed by atoms with Crippen LogP contribution in [-0.4, -0.2) is 50.8 Å². The lowest BCUT2D eigenvalue weighted by Gasteiger charge is -2.26. The van der Waals surface area contributed by atoms with Crippen LogP contribution < -0.4 is 4.72 Å². The summed E-state index contributed by atoms with van der Waals surface area (Å²) in [5, 5.41) is 11.0. The molecular weight excluding hydrogens is 320 g/mol. The maximum atomic E-state index is 12.4. The summed E-state index contributed by atoms with van der Waals surface area (Å²) >= 11 is 0. The van der Waals surface area contributed by atoms with E-state index in [1.165, 1.54) is 26.3 Å². The SMILES string of the molecule is CCC[C@@H](O)[C@H](NS(=O)(=O)c1ccc(C)cc1)C(=O)N(C)OC. The fraction of sp³-hybridized carbons (Fsp3) is 0.533. The van der Waals surface area contributed by atoms with E-state index in [0.717, 1.165) is 10.6 Å². The van der Waals surface area contributed by atoms with E-state index in [9.17, 15) is 18.3 Å². The van der Waals surface area contributed by atoms with Crippen LogP contribution in [0.15, 0.2) is 29.2 Å². The van der Waals surface area contributed by atoms with Gasteiger partial charge in [0.1, 0.15) is 6.04 Å². The Bertz CT molecular complexity index is 615. The summed E-state index contributed by atoms with van der Waals surface area (Å²) < 4.78 is 27.2. The summed E-state index contributed by atoms with van der Waals surface area (Å²) in [4.78, 5) is 17.1. The van der Waals surface area contributed by atoms with Gasteiger partial charge in [-0.3, -0.25) is 9.63 Å². The third-order valence-electron chi connectivity index (χ3n) is 3.43. The number of nitrogens with one attached hydrogen (secondary N) is 1. The molecule has 1 rings (SSSR count). The first-order valence-electron chi connectivity index (χ1n) is 7.31. The molecule has 130 valence electrons. The van der Waals surface area contributed by atoms with Crippen LogP contribution in [0.4, 0.5) is 0 Å². The average Bonchev–Trinajstić information content (AvgIpc) is 2.51. The van der Waals surface area contributed by atoms with Crippen LogP contribution in [0.1, 0.15) is 25.3 Å².